The van der Waals surface area contributed by atoms with Crippen LogP contribution in [0.25, 0.3) is 0 Å². The molecule has 0 heterocycles. The molecule has 0 aliphatic carbocycles. The fourth-order valence-electron chi connectivity index (χ4n) is 2.45. The van der Waals surface area contributed by atoms with Gasteiger partial charge in [-0.05, 0) is 35.1 Å². The molecule has 0 fully saturated rings. The van der Waals surface area contributed by atoms with Gasteiger partial charge in [0.2, 0.25) is 11.8 Å². The fraction of sp³-hybridized carbons (Fsp3) is 0.263. The quantitative estimate of drug-likeness (QED) is 0.616. The average molecular weight is 471 g/mol. The van der Waals surface area contributed by atoms with Crippen LogP contribution in [0.4, 0.5) is 11.4 Å². The maximum atomic E-state index is 12.3. The van der Waals surface area contributed by atoms with Gasteiger partial charge < -0.3 is 20.1 Å². The normalized spacial score (nSPS) is 10.5. The van der Waals surface area contributed by atoms with E-state index in [4.69, 9.17) is 21.1 Å². The number of amides is 2. The summed E-state index contributed by atoms with van der Waals surface area (Å²) in [5.74, 6) is 0.291. The summed E-state index contributed by atoms with van der Waals surface area (Å²) in [4.78, 5) is 26.1. The van der Waals surface area contributed by atoms with Gasteiger partial charge in [0.1, 0.15) is 11.5 Å². The second kappa shape index (κ2) is 10.3. The Bertz CT molecular complexity index is 863. The van der Waals surface area contributed by atoms with Gasteiger partial charge in [0.25, 0.3) is 0 Å². The zero-order valence-electron chi connectivity index (χ0n) is 15.7. The minimum absolute atomic E-state index is 0.0114. The molecule has 2 aromatic rings. The first-order valence-electron chi connectivity index (χ1n) is 8.28. The summed E-state index contributed by atoms with van der Waals surface area (Å²) < 4.78 is 11.2. The third kappa shape index (κ3) is 6.12. The number of hydrogen-bond donors (Lipinski definition) is 2. The van der Waals surface area contributed by atoms with Crippen molar-refractivity contribution in [1.82, 2.24) is 4.90 Å². The molecule has 0 aromatic heterocycles. The molecule has 0 atom stereocenters. The van der Waals surface area contributed by atoms with E-state index in [1.165, 1.54) is 14.2 Å². The van der Waals surface area contributed by atoms with Gasteiger partial charge >= 0.3 is 0 Å². The second-order valence-electron chi connectivity index (χ2n) is 5.94. The number of benzene rings is 2. The van der Waals surface area contributed by atoms with Gasteiger partial charge in [0, 0.05) is 16.6 Å². The van der Waals surface area contributed by atoms with Crippen molar-refractivity contribution in [3.63, 3.8) is 0 Å². The molecule has 0 spiro atoms. The van der Waals surface area contributed by atoms with E-state index < -0.39 is 0 Å². The number of methoxy groups -OCH3 is 2. The SMILES string of the molecule is COc1cc(NC(=O)CN(C)CC(=O)Nc2ccccc2Br)c(OC)cc1Cl. The third-order valence-electron chi connectivity index (χ3n) is 3.72. The number of rotatable bonds is 8. The summed E-state index contributed by atoms with van der Waals surface area (Å²) in [5, 5.41) is 5.91. The van der Waals surface area contributed by atoms with E-state index >= 15 is 0 Å². The molecule has 2 amide bonds. The van der Waals surface area contributed by atoms with Crippen molar-refractivity contribution in [3.8, 4) is 11.5 Å². The Morgan fingerprint density at radius 1 is 1.00 bits per heavy atom. The molecule has 28 heavy (non-hydrogen) atoms. The maximum Gasteiger partial charge on any atom is 0.238 e. The van der Waals surface area contributed by atoms with Gasteiger partial charge in [0.05, 0.1) is 43.7 Å². The first kappa shape index (κ1) is 22.0. The van der Waals surface area contributed by atoms with Crippen LogP contribution in [0.2, 0.25) is 5.02 Å². The third-order valence-corrected chi connectivity index (χ3v) is 4.71. The number of nitrogens with zero attached hydrogens (tertiary/aromatic N) is 1. The molecule has 0 unspecified atom stereocenters. The zero-order chi connectivity index (χ0) is 20.7. The predicted molar refractivity (Wildman–Crippen MR) is 113 cm³/mol. The molecule has 0 aliphatic heterocycles. The number of halogens is 2. The largest absolute Gasteiger partial charge is 0.495 e. The highest BCUT2D eigenvalue weighted by Crippen LogP contribution is 2.35. The highest BCUT2D eigenvalue weighted by molar-refractivity contribution is 9.10. The lowest BCUT2D eigenvalue weighted by Gasteiger charge is -2.17. The Labute approximate surface area is 177 Å². The Morgan fingerprint density at radius 2 is 1.57 bits per heavy atom. The van der Waals surface area contributed by atoms with E-state index in [2.05, 4.69) is 26.6 Å². The summed E-state index contributed by atoms with van der Waals surface area (Å²) in [6.07, 6.45) is 0. The lowest BCUT2D eigenvalue weighted by atomic mass is 10.2. The minimum atomic E-state index is -0.307. The number of carbonyl (C=O) groups excluding carboxylic acids is 2. The van der Waals surface area contributed by atoms with E-state index in [0.29, 0.717) is 27.9 Å². The van der Waals surface area contributed by atoms with Crippen molar-refractivity contribution < 1.29 is 19.1 Å². The number of anilines is 2. The molecule has 9 heteroatoms. The number of hydrogen-bond acceptors (Lipinski definition) is 5. The number of nitrogens with one attached hydrogen (secondary N) is 2. The highest BCUT2D eigenvalue weighted by atomic mass is 79.9. The molecule has 2 N–H and O–H groups in total. The van der Waals surface area contributed by atoms with Crippen molar-refractivity contribution in [2.75, 3.05) is 45.0 Å². The molecule has 2 rings (SSSR count). The predicted octanol–water partition coefficient (Wildman–Crippen LogP) is 3.63. The van der Waals surface area contributed by atoms with E-state index in [1.54, 1.807) is 30.1 Å². The number of carbonyl (C=O) groups is 2. The molecule has 2 aromatic carbocycles. The highest BCUT2D eigenvalue weighted by Gasteiger charge is 2.15. The lowest BCUT2D eigenvalue weighted by Crippen LogP contribution is -2.36. The zero-order valence-corrected chi connectivity index (χ0v) is 18.1. The molecular weight excluding hydrogens is 450 g/mol. The van der Waals surface area contributed by atoms with Crippen LogP contribution in [0.3, 0.4) is 0 Å². The Morgan fingerprint density at radius 3 is 2.14 bits per heavy atom. The van der Waals surface area contributed by atoms with Crippen LogP contribution < -0.4 is 20.1 Å². The number of para-hydroxylation sites is 1. The van der Waals surface area contributed by atoms with Gasteiger partial charge in [-0.15, -0.1) is 0 Å². The molecular formula is C19H21BrClN3O4. The first-order chi connectivity index (χ1) is 13.3. The van der Waals surface area contributed by atoms with Crippen molar-refractivity contribution in [2.24, 2.45) is 0 Å². The van der Waals surface area contributed by atoms with Gasteiger partial charge in [-0.1, -0.05) is 23.7 Å². The summed E-state index contributed by atoms with van der Waals surface area (Å²) in [7, 11) is 4.64. The van der Waals surface area contributed by atoms with Gasteiger partial charge in [-0.25, -0.2) is 0 Å². The second-order valence-corrected chi connectivity index (χ2v) is 7.20. The van der Waals surface area contributed by atoms with Crippen LogP contribution in [-0.2, 0) is 9.59 Å². The van der Waals surface area contributed by atoms with Crippen molar-refractivity contribution in [3.05, 3.63) is 45.9 Å². The summed E-state index contributed by atoms with van der Waals surface area (Å²) in [6, 6.07) is 10.4. The Hall–Kier alpha value is -2.29. The number of likely N-dealkylation sites (N-methyl/N-ethyl adjacent to an activating group) is 1. The van der Waals surface area contributed by atoms with E-state index in [9.17, 15) is 9.59 Å². The van der Waals surface area contributed by atoms with Gasteiger partial charge in [-0.3, -0.25) is 14.5 Å². The van der Waals surface area contributed by atoms with Crippen LogP contribution in [0, 0.1) is 0 Å². The van der Waals surface area contributed by atoms with E-state index in [1.807, 2.05) is 18.2 Å². The van der Waals surface area contributed by atoms with Crippen LogP contribution in [0.15, 0.2) is 40.9 Å². The molecule has 0 radical (unpaired) electrons. The van der Waals surface area contributed by atoms with E-state index in [0.717, 1.165) is 4.47 Å². The minimum Gasteiger partial charge on any atom is -0.495 e. The summed E-state index contributed by atoms with van der Waals surface area (Å²) >= 11 is 9.44. The van der Waals surface area contributed by atoms with Crippen LogP contribution in [0.1, 0.15) is 0 Å². The number of ether oxygens (including phenoxy) is 2. The standard InChI is InChI=1S/C19H21BrClN3O4/c1-24(10-18(25)22-14-7-5-4-6-12(14)20)11-19(26)23-15-9-16(27-2)13(21)8-17(15)28-3/h4-9H,10-11H2,1-3H3,(H,22,25)(H,23,26). The Kier molecular flexibility index (Phi) is 8.10. The lowest BCUT2D eigenvalue weighted by molar-refractivity contribution is -0.119. The molecule has 0 aliphatic rings. The fourth-order valence-corrected chi connectivity index (χ4v) is 3.06. The van der Waals surface area contributed by atoms with Crippen molar-refractivity contribution in [1.29, 1.82) is 0 Å². The van der Waals surface area contributed by atoms with Crippen molar-refractivity contribution >= 4 is 50.7 Å². The van der Waals surface area contributed by atoms with Gasteiger partial charge in [-0.2, -0.15) is 0 Å². The monoisotopic (exact) mass is 469 g/mol. The van der Waals surface area contributed by atoms with Crippen LogP contribution in [-0.4, -0.2) is 51.1 Å². The summed E-state index contributed by atoms with van der Waals surface area (Å²) in [6.45, 7) is 0.0628. The van der Waals surface area contributed by atoms with E-state index in [-0.39, 0.29) is 24.9 Å². The molecule has 0 saturated carbocycles. The molecule has 0 saturated heterocycles. The topological polar surface area (TPSA) is 79.9 Å². The molecule has 150 valence electrons. The van der Waals surface area contributed by atoms with Crippen LogP contribution >= 0.6 is 27.5 Å². The smallest absolute Gasteiger partial charge is 0.238 e. The van der Waals surface area contributed by atoms with Crippen LogP contribution in [0.5, 0.6) is 11.5 Å². The Balaban J connectivity index is 1.94. The maximum absolute atomic E-state index is 12.3. The summed E-state index contributed by atoms with van der Waals surface area (Å²) in [5.41, 5.74) is 1.10. The molecule has 7 nitrogen and oxygen atoms in total. The van der Waals surface area contributed by atoms with Crippen molar-refractivity contribution in [2.45, 2.75) is 0 Å². The average Bonchev–Trinajstić information content (AvgIpc) is 2.64. The van der Waals surface area contributed by atoms with Gasteiger partial charge in [0.15, 0.2) is 0 Å². The first-order valence-corrected chi connectivity index (χ1v) is 9.45. The molecule has 0 bridgehead atoms.